The van der Waals surface area contributed by atoms with Crippen LogP contribution in [0.5, 0.6) is 0 Å². The molecule has 0 saturated carbocycles. The van der Waals surface area contributed by atoms with Crippen LogP contribution in [0.1, 0.15) is 49.1 Å². The zero-order chi connectivity index (χ0) is 21.4. The molecular formula is C21H26N4O5. The second-order valence-corrected chi connectivity index (χ2v) is 8.18. The Morgan fingerprint density at radius 1 is 1.10 bits per heavy atom. The highest BCUT2D eigenvalue weighted by Crippen LogP contribution is 2.38. The van der Waals surface area contributed by atoms with Gasteiger partial charge in [-0.05, 0) is 61.8 Å². The minimum Gasteiger partial charge on any atom is -0.465 e. The van der Waals surface area contributed by atoms with Gasteiger partial charge in [0.05, 0.1) is 5.92 Å². The SMILES string of the molecule is CNC(=O)Nc1ccc2c(c1)CC[C@@H]2C(=O)N(CC(=O)N1C2CCC1CC2)C(=O)O. The molecule has 3 aliphatic rings. The van der Waals surface area contributed by atoms with Crippen LogP contribution in [-0.2, 0) is 16.0 Å². The van der Waals surface area contributed by atoms with Crippen molar-refractivity contribution in [3.8, 4) is 0 Å². The number of carbonyl (C=O) groups excluding carboxylic acids is 3. The molecule has 1 atom stereocenters. The number of urea groups is 1. The number of carbonyl (C=O) groups is 4. The number of carboxylic acid groups (broad SMARTS) is 1. The summed E-state index contributed by atoms with van der Waals surface area (Å²) in [7, 11) is 1.52. The maximum Gasteiger partial charge on any atom is 0.414 e. The average molecular weight is 414 g/mol. The van der Waals surface area contributed by atoms with Gasteiger partial charge in [-0.2, -0.15) is 0 Å². The monoisotopic (exact) mass is 414 g/mol. The molecule has 0 spiro atoms. The molecule has 2 bridgehead atoms. The van der Waals surface area contributed by atoms with E-state index in [1.807, 2.05) is 0 Å². The number of amides is 5. The van der Waals surface area contributed by atoms with Crippen molar-refractivity contribution in [2.45, 2.75) is 56.5 Å². The average Bonchev–Trinajstić information content (AvgIpc) is 3.44. The van der Waals surface area contributed by atoms with Gasteiger partial charge < -0.3 is 20.6 Å². The Morgan fingerprint density at radius 3 is 2.37 bits per heavy atom. The standard InChI is InChI=1S/C21H26N4O5/c1-22-20(28)23-13-3-9-16-12(10-13)2-8-17(16)19(27)24(21(29)30)11-18(26)25-14-4-5-15(25)7-6-14/h3,9-10,14-15,17H,2,4-8,11H2,1H3,(H,29,30)(H2,22,23,28)/t14?,15?,17-/m0/s1. The summed E-state index contributed by atoms with van der Waals surface area (Å²) in [6, 6.07) is 5.28. The Labute approximate surface area is 174 Å². The molecular weight excluding hydrogens is 388 g/mol. The second-order valence-electron chi connectivity index (χ2n) is 8.18. The Morgan fingerprint density at radius 2 is 1.77 bits per heavy atom. The summed E-state index contributed by atoms with van der Waals surface area (Å²) < 4.78 is 0. The highest BCUT2D eigenvalue weighted by molar-refractivity contribution is 5.99. The van der Waals surface area contributed by atoms with E-state index in [-0.39, 0.29) is 24.0 Å². The topological polar surface area (TPSA) is 119 Å². The highest BCUT2D eigenvalue weighted by Gasteiger charge is 2.44. The molecule has 3 N–H and O–H groups in total. The quantitative estimate of drug-likeness (QED) is 0.697. The van der Waals surface area contributed by atoms with Crippen molar-refractivity contribution in [2.75, 3.05) is 18.9 Å². The first-order valence-electron chi connectivity index (χ1n) is 10.4. The number of anilines is 1. The van der Waals surface area contributed by atoms with Crippen LogP contribution in [0.25, 0.3) is 0 Å². The molecule has 30 heavy (non-hydrogen) atoms. The summed E-state index contributed by atoms with van der Waals surface area (Å²) in [5.74, 6) is -1.44. The predicted molar refractivity (Wildman–Crippen MR) is 108 cm³/mol. The lowest BCUT2D eigenvalue weighted by Crippen LogP contribution is -2.47. The van der Waals surface area contributed by atoms with E-state index in [4.69, 9.17) is 0 Å². The first-order chi connectivity index (χ1) is 14.4. The molecule has 2 fully saturated rings. The number of imide groups is 1. The molecule has 1 aliphatic carbocycles. The summed E-state index contributed by atoms with van der Waals surface area (Å²) in [5, 5.41) is 14.8. The number of hydrogen-bond donors (Lipinski definition) is 3. The van der Waals surface area contributed by atoms with E-state index in [9.17, 15) is 24.3 Å². The van der Waals surface area contributed by atoms with E-state index < -0.39 is 24.5 Å². The molecule has 1 aromatic rings. The molecule has 0 aromatic heterocycles. The molecule has 2 heterocycles. The molecule has 2 saturated heterocycles. The van der Waals surface area contributed by atoms with Gasteiger partial charge in [-0.15, -0.1) is 0 Å². The summed E-state index contributed by atoms with van der Waals surface area (Å²) in [5.41, 5.74) is 2.26. The molecule has 9 nitrogen and oxygen atoms in total. The van der Waals surface area contributed by atoms with Crippen molar-refractivity contribution in [1.29, 1.82) is 0 Å². The fraction of sp³-hybridized carbons (Fsp3) is 0.524. The van der Waals surface area contributed by atoms with Gasteiger partial charge in [-0.3, -0.25) is 9.59 Å². The molecule has 0 unspecified atom stereocenters. The lowest BCUT2D eigenvalue weighted by atomic mass is 9.99. The Balaban J connectivity index is 1.48. The van der Waals surface area contributed by atoms with E-state index in [1.165, 1.54) is 7.05 Å². The van der Waals surface area contributed by atoms with E-state index in [0.717, 1.165) is 36.8 Å². The minimum atomic E-state index is -1.40. The Bertz CT molecular complexity index is 881. The maximum atomic E-state index is 13.1. The van der Waals surface area contributed by atoms with Crippen LogP contribution < -0.4 is 10.6 Å². The molecule has 4 rings (SSSR count). The fourth-order valence-electron chi connectivity index (χ4n) is 5.11. The van der Waals surface area contributed by atoms with Gasteiger partial charge in [0, 0.05) is 24.8 Å². The number of hydrogen-bond acceptors (Lipinski definition) is 4. The minimum absolute atomic E-state index is 0.187. The number of nitrogens with zero attached hydrogens (tertiary/aromatic N) is 2. The van der Waals surface area contributed by atoms with Crippen molar-refractivity contribution >= 4 is 29.6 Å². The van der Waals surface area contributed by atoms with E-state index in [2.05, 4.69) is 10.6 Å². The maximum absolute atomic E-state index is 13.1. The van der Waals surface area contributed by atoms with Crippen molar-refractivity contribution in [1.82, 2.24) is 15.1 Å². The molecule has 9 heteroatoms. The van der Waals surface area contributed by atoms with Crippen LogP contribution >= 0.6 is 0 Å². The van der Waals surface area contributed by atoms with Gasteiger partial charge in [-0.1, -0.05) is 6.07 Å². The third-order valence-electron chi connectivity index (χ3n) is 6.54. The van der Waals surface area contributed by atoms with Crippen LogP contribution in [0.4, 0.5) is 15.3 Å². The number of nitrogens with one attached hydrogen (secondary N) is 2. The normalized spacial score (nSPS) is 23.8. The van der Waals surface area contributed by atoms with Crippen LogP contribution in [0.2, 0.25) is 0 Å². The number of benzene rings is 1. The van der Waals surface area contributed by atoms with E-state index in [1.54, 1.807) is 23.1 Å². The zero-order valence-corrected chi connectivity index (χ0v) is 16.9. The first kappa shape index (κ1) is 20.2. The van der Waals surface area contributed by atoms with Gasteiger partial charge in [0.25, 0.3) is 0 Å². The van der Waals surface area contributed by atoms with E-state index in [0.29, 0.717) is 23.4 Å². The largest absolute Gasteiger partial charge is 0.465 e. The van der Waals surface area contributed by atoms with E-state index >= 15 is 0 Å². The first-order valence-corrected chi connectivity index (χ1v) is 10.4. The van der Waals surface area contributed by atoms with Gasteiger partial charge >= 0.3 is 12.1 Å². The van der Waals surface area contributed by atoms with Crippen LogP contribution in [-0.4, -0.2) is 64.5 Å². The molecule has 0 radical (unpaired) electrons. The van der Waals surface area contributed by atoms with Gasteiger partial charge in [0.15, 0.2) is 0 Å². The number of aryl methyl sites for hydroxylation is 1. The fourth-order valence-corrected chi connectivity index (χ4v) is 5.11. The van der Waals surface area contributed by atoms with Gasteiger partial charge in [0.2, 0.25) is 11.8 Å². The van der Waals surface area contributed by atoms with Crippen LogP contribution in [0.3, 0.4) is 0 Å². The van der Waals surface area contributed by atoms with Gasteiger partial charge in [0.1, 0.15) is 6.54 Å². The zero-order valence-electron chi connectivity index (χ0n) is 16.9. The lowest BCUT2D eigenvalue weighted by molar-refractivity contribution is -0.140. The van der Waals surface area contributed by atoms with Crippen molar-refractivity contribution < 1.29 is 24.3 Å². The number of rotatable bonds is 4. The van der Waals surface area contributed by atoms with Crippen molar-refractivity contribution in [2.24, 2.45) is 0 Å². The van der Waals surface area contributed by atoms with Crippen LogP contribution in [0, 0.1) is 0 Å². The summed E-state index contributed by atoms with van der Waals surface area (Å²) in [4.78, 5) is 51.7. The Kier molecular flexibility index (Phi) is 5.36. The molecule has 160 valence electrons. The summed E-state index contributed by atoms with van der Waals surface area (Å²) in [6.07, 6.45) is 3.52. The summed E-state index contributed by atoms with van der Waals surface area (Å²) >= 11 is 0. The molecule has 2 aliphatic heterocycles. The second kappa shape index (κ2) is 7.97. The smallest absolute Gasteiger partial charge is 0.414 e. The lowest BCUT2D eigenvalue weighted by Gasteiger charge is -2.26. The molecule has 1 aromatic carbocycles. The molecule has 5 amide bonds. The summed E-state index contributed by atoms with van der Waals surface area (Å²) in [6.45, 7) is -0.427. The number of fused-ring (bicyclic) bond motifs is 3. The van der Waals surface area contributed by atoms with Crippen molar-refractivity contribution in [3.05, 3.63) is 29.3 Å². The third-order valence-corrected chi connectivity index (χ3v) is 6.54. The predicted octanol–water partition coefficient (Wildman–Crippen LogP) is 2.13. The highest BCUT2D eigenvalue weighted by atomic mass is 16.4. The third kappa shape index (κ3) is 3.59. The Hall–Kier alpha value is -3.10. The van der Waals surface area contributed by atoms with Crippen molar-refractivity contribution in [3.63, 3.8) is 0 Å². The van der Waals surface area contributed by atoms with Gasteiger partial charge in [-0.25, -0.2) is 14.5 Å². The van der Waals surface area contributed by atoms with Crippen LogP contribution in [0.15, 0.2) is 18.2 Å².